The number of aromatic nitrogens is 2. The Morgan fingerprint density at radius 1 is 1.25 bits per heavy atom. The fourth-order valence-corrected chi connectivity index (χ4v) is 2.15. The molecule has 4 heteroatoms. The third-order valence-corrected chi connectivity index (χ3v) is 3.05. The highest BCUT2D eigenvalue weighted by Gasteiger charge is 2.14. The van der Waals surface area contributed by atoms with Gasteiger partial charge in [-0.2, -0.15) is 0 Å². The van der Waals surface area contributed by atoms with E-state index in [2.05, 4.69) is 16.9 Å². The van der Waals surface area contributed by atoms with Gasteiger partial charge in [0.2, 0.25) is 0 Å². The first-order valence-electron chi connectivity index (χ1n) is 7.02. The van der Waals surface area contributed by atoms with Crippen molar-refractivity contribution in [2.24, 2.45) is 0 Å². The van der Waals surface area contributed by atoms with Gasteiger partial charge in [-0.1, -0.05) is 43.7 Å². The van der Waals surface area contributed by atoms with Gasteiger partial charge in [-0.25, -0.2) is 4.98 Å². The highest BCUT2D eigenvalue weighted by Crippen LogP contribution is 2.21. The maximum Gasteiger partial charge on any atom is 0.251 e. The molecule has 1 N–H and O–H groups in total. The number of hydrogen-bond donors (Lipinski definition) is 1. The van der Waals surface area contributed by atoms with E-state index in [1.807, 2.05) is 37.3 Å². The fourth-order valence-electron chi connectivity index (χ4n) is 2.15. The molecule has 1 atom stereocenters. The van der Waals surface area contributed by atoms with Crippen LogP contribution in [0.15, 0.2) is 41.2 Å². The van der Waals surface area contributed by atoms with E-state index in [9.17, 15) is 4.79 Å². The van der Waals surface area contributed by atoms with Gasteiger partial charge in [0.25, 0.3) is 5.56 Å². The minimum absolute atomic E-state index is 0.144. The maximum absolute atomic E-state index is 11.8. The lowest BCUT2D eigenvalue weighted by Gasteiger charge is -2.16. The van der Waals surface area contributed by atoms with Crippen LogP contribution in [-0.2, 0) is 4.74 Å². The first-order valence-corrected chi connectivity index (χ1v) is 7.02. The molecule has 4 nitrogen and oxygen atoms in total. The summed E-state index contributed by atoms with van der Waals surface area (Å²) in [6, 6.07) is 11.2. The second kappa shape index (κ2) is 7.01. The van der Waals surface area contributed by atoms with Gasteiger partial charge < -0.3 is 9.72 Å². The van der Waals surface area contributed by atoms with Crippen LogP contribution < -0.4 is 5.56 Å². The van der Waals surface area contributed by atoms with Crippen LogP contribution in [0.2, 0.25) is 0 Å². The zero-order chi connectivity index (χ0) is 14.4. The zero-order valence-electron chi connectivity index (χ0n) is 11.9. The van der Waals surface area contributed by atoms with Crippen LogP contribution in [0.3, 0.4) is 0 Å². The number of ether oxygens (including phenoxy) is 1. The number of H-pyrrole nitrogens is 1. The molecule has 1 aromatic carbocycles. The molecule has 0 aliphatic heterocycles. The summed E-state index contributed by atoms with van der Waals surface area (Å²) in [6.45, 7) is 4.64. The number of rotatable bonds is 6. The van der Waals surface area contributed by atoms with Crippen molar-refractivity contribution in [1.82, 2.24) is 9.97 Å². The quantitative estimate of drug-likeness (QED) is 0.877. The molecule has 1 heterocycles. The molecule has 0 bridgehead atoms. The second-order valence-electron chi connectivity index (χ2n) is 4.61. The molecule has 1 aromatic heterocycles. The molecular weight excluding hydrogens is 252 g/mol. The van der Waals surface area contributed by atoms with Gasteiger partial charge in [0.15, 0.2) is 0 Å². The van der Waals surface area contributed by atoms with E-state index < -0.39 is 0 Å². The standard InChI is InChI=1S/C16H20N2O2/c1-3-8-14(20-4-2)16-17-13(11-15(19)18-16)12-9-6-5-7-10-12/h5-7,9-11,14H,3-4,8H2,1-2H3,(H,17,18,19). The monoisotopic (exact) mass is 272 g/mol. The summed E-state index contributed by atoms with van der Waals surface area (Å²) in [4.78, 5) is 19.2. The Balaban J connectivity index is 2.40. The third kappa shape index (κ3) is 3.54. The van der Waals surface area contributed by atoms with E-state index in [1.54, 1.807) is 0 Å². The predicted molar refractivity (Wildman–Crippen MR) is 79.6 cm³/mol. The van der Waals surface area contributed by atoms with Crippen molar-refractivity contribution in [1.29, 1.82) is 0 Å². The Labute approximate surface area is 118 Å². The number of nitrogens with zero attached hydrogens (tertiary/aromatic N) is 1. The summed E-state index contributed by atoms with van der Waals surface area (Å²) in [7, 11) is 0. The maximum atomic E-state index is 11.8. The van der Waals surface area contributed by atoms with E-state index >= 15 is 0 Å². The molecule has 0 aliphatic rings. The Hall–Kier alpha value is -1.94. The van der Waals surface area contributed by atoms with Crippen LogP contribution in [0.1, 0.15) is 38.6 Å². The second-order valence-corrected chi connectivity index (χ2v) is 4.61. The lowest BCUT2D eigenvalue weighted by Crippen LogP contribution is -2.16. The Morgan fingerprint density at radius 3 is 2.65 bits per heavy atom. The van der Waals surface area contributed by atoms with Crippen molar-refractivity contribution in [2.75, 3.05) is 6.61 Å². The first kappa shape index (κ1) is 14.5. The van der Waals surface area contributed by atoms with Crippen molar-refractivity contribution in [3.63, 3.8) is 0 Å². The van der Waals surface area contributed by atoms with Crippen molar-refractivity contribution in [3.8, 4) is 11.3 Å². The highest BCUT2D eigenvalue weighted by atomic mass is 16.5. The predicted octanol–water partition coefficient (Wildman–Crippen LogP) is 3.31. The topological polar surface area (TPSA) is 55.0 Å². The van der Waals surface area contributed by atoms with E-state index in [0.29, 0.717) is 18.1 Å². The molecule has 0 saturated carbocycles. The van der Waals surface area contributed by atoms with Crippen molar-refractivity contribution in [2.45, 2.75) is 32.8 Å². The normalized spacial score (nSPS) is 12.3. The van der Waals surface area contributed by atoms with Gasteiger partial charge >= 0.3 is 0 Å². The van der Waals surface area contributed by atoms with Crippen molar-refractivity contribution >= 4 is 0 Å². The third-order valence-electron chi connectivity index (χ3n) is 3.05. The first-order chi connectivity index (χ1) is 9.74. The Morgan fingerprint density at radius 2 is 2.00 bits per heavy atom. The van der Waals surface area contributed by atoms with Crippen LogP contribution in [0.4, 0.5) is 0 Å². The van der Waals surface area contributed by atoms with Crippen LogP contribution in [-0.4, -0.2) is 16.6 Å². The van der Waals surface area contributed by atoms with Gasteiger partial charge in [0.1, 0.15) is 11.9 Å². The summed E-state index contributed by atoms with van der Waals surface area (Å²) in [5.41, 5.74) is 1.48. The fraction of sp³-hybridized carbons (Fsp3) is 0.375. The van der Waals surface area contributed by atoms with Gasteiger partial charge in [-0.05, 0) is 13.3 Å². The van der Waals surface area contributed by atoms with Crippen LogP contribution in [0.5, 0.6) is 0 Å². The molecule has 2 aromatic rings. The van der Waals surface area contributed by atoms with Gasteiger partial charge in [-0.15, -0.1) is 0 Å². The molecule has 20 heavy (non-hydrogen) atoms. The van der Waals surface area contributed by atoms with E-state index in [4.69, 9.17) is 4.74 Å². The summed E-state index contributed by atoms with van der Waals surface area (Å²) in [5, 5.41) is 0. The summed E-state index contributed by atoms with van der Waals surface area (Å²) in [6.07, 6.45) is 1.67. The SMILES string of the molecule is CCCC(OCC)c1nc(-c2ccccc2)cc(=O)[nH]1. The minimum atomic E-state index is -0.152. The zero-order valence-corrected chi connectivity index (χ0v) is 11.9. The Bertz CT molecular complexity index is 587. The van der Waals surface area contributed by atoms with Crippen LogP contribution in [0.25, 0.3) is 11.3 Å². The van der Waals surface area contributed by atoms with Gasteiger partial charge in [-0.3, -0.25) is 4.79 Å². The summed E-state index contributed by atoms with van der Waals surface area (Å²) < 4.78 is 5.68. The molecule has 106 valence electrons. The summed E-state index contributed by atoms with van der Waals surface area (Å²) in [5.74, 6) is 0.611. The molecule has 0 fully saturated rings. The molecule has 0 aliphatic carbocycles. The van der Waals surface area contributed by atoms with E-state index in [0.717, 1.165) is 18.4 Å². The van der Waals surface area contributed by atoms with Gasteiger partial charge in [0, 0.05) is 18.2 Å². The molecule has 0 radical (unpaired) electrons. The molecule has 2 rings (SSSR count). The molecule has 1 unspecified atom stereocenters. The largest absolute Gasteiger partial charge is 0.371 e. The smallest absolute Gasteiger partial charge is 0.251 e. The summed E-state index contributed by atoms with van der Waals surface area (Å²) >= 11 is 0. The van der Waals surface area contributed by atoms with E-state index in [-0.39, 0.29) is 11.7 Å². The lowest BCUT2D eigenvalue weighted by molar-refractivity contribution is 0.0493. The number of nitrogens with one attached hydrogen (secondary N) is 1. The molecular formula is C16H20N2O2. The number of hydrogen-bond acceptors (Lipinski definition) is 3. The Kier molecular flexibility index (Phi) is 5.07. The van der Waals surface area contributed by atoms with Crippen molar-refractivity contribution in [3.05, 3.63) is 52.6 Å². The van der Waals surface area contributed by atoms with Crippen LogP contribution >= 0.6 is 0 Å². The average molecular weight is 272 g/mol. The lowest BCUT2D eigenvalue weighted by atomic mass is 10.1. The highest BCUT2D eigenvalue weighted by molar-refractivity contribution is 5.58. The molecule has 0 spiro atoms. The number of aromatic amines is 1. The minimum Gasteiger partial charge on any atom is -0.371 e. The molecule has 0 amide bonds. The average Bonchev–Trinajstić information content (AvgIpc) is 2.47. The van der Waals surface area contributed by atoms with Crippen molar-refractivity contribution < 1.29 is 4.74 Å². The number of benzene rings is 1. The molecule has 0 saturated heterocycles. The van der Waals surface area contributed by atoms with Crippen LogP contribution in [0, 0.1) is 0 Å². The van der Waals surface area contributed by atoms with E-state index in [1.165, 1.54) is 6.07 Å². The van der Waals surface area contributed by atoms with Gasteiger partial charge in [0.05, 0.1) is 5.69 Å².